The van der Waals surface area contributed by atoms with Crippen molar-refractivity contribution in [3.05, 3.63) is 30.3 Å². The Bertz CT molecular complexity index is 466. The van der Waals surface area contributed by atoms with Gasteiger partial charge in [0.1, 0.15) is 0 Å². The molecule has 0 unspecified atom stereocenters. The molecule has 1 fully saturated rings. The summed E-state index contributed by atoms with van der Waals surface area (Å²) >= 11 is 0. The second kappa shape index (κ2) is 15.7. The van der Waals surface area contributed by atoms with Gasteiger partial charge in [-0.05, 0) is 19.2 Å². The van der Waals surface area contributed by atoms with Gasteiger partial charge in [-0.25, -0.2) is 0 Å². The largest absolute Gasteiger partial charge is 1.00 e. The van der Waals surface area contributed by atoms with Crippen molar-refractivity contribution in [3.63, 3.8) is 0 Å². The van der Waals surface area contributed by atoms with Crippen LogP contribution in [0, 0.1) is 0 Å². The number of likely N-dealkylation sites (N-methyl/N-ethyl adjacent to an activating group) is 1. The third-order valence-corrected chi connectivity index (χ3v) is 2.62. The van der Waals surface area contributed by atoms with Crippen molar-refractivity contribution in [3.8, 4) is 0 Å². The maximum Gasteiger partial charge on any atom is 1.00 e. The fourth-order valence-corrected chi connectivity index (χ4v) is 1.70. The van der Waals surface area contributed by atoms with Crippen LogP contribution in [0.15, 0.2) is 30.3 Å². The quantitative estimate of drug-likeness (QED) is 0.454. The zero-order chi connectivity index (χ0) is 22.6. The summed E-state index contributed by atoms with van der Waals surface area (Å²) in [6, 6.07) is 10.7. The third kappa shape index (κ3) is 39.1. The van der Waals surface area contributed by atoms with E-state index in [0.29, 0.717) is 0 Å². The Kier molecular flexibility index (Phi) is 18.2. The number of halogens is 12. The van der Waals surface area contributed by atoms with Crippen LogP contribution in [0.4, 0.5) is 57.5 Å². The van der Waals surface area contributed by atoms with Gasteiger partial charge in [0.2, 0.25) is 0 Å². The van der Waals surface area contributed by atoms with Crippen molar-refractivity contribution in [2.45, 2.75) is 0 Å². The van der Waals surface area contributed by atoms with Gasteiger partial charge in [-0.15, -0.1) is 0 Å². The van der Waals surface area contributed by atoms with Crippen LogP contribution < -0.4 is 56.3 Å². The minimum Gasteiger partial charge on any atom is -1.00 e. The van der Waals surface area contributed by atoms with E-state index in [1.807, 2.05) is 0 Å². The molecule has 168 valence electrons. The molecule has 0 aromatic heterocycles. The molecule has 0 aliphatic carbocycles. The van der Waals surface area contributed by atoms with E-state index in [2.05, 4.69) is 47.2 Å². The Hall–Kier alpha value is -0.0288. The molecule has 2 rings (SSSR count). The van der Waals surface area contributed by atoms with Crippen LogP contribution in [0.5, 0.6) is 0 Å². The molecule has 0 amide bonds. The maximum absolute atomic E-state index is 9.75. The monoisotopic (exact) mass is 477 g/mol. The summed E-state index contributed by atoms with van der Waals surface area (Å²) in [6.07, 6.45) is 0. The number of rotatable bonds is 1. The van der Waals surface area contributed by atoms with Gasteiger partial charge >= 0.3 is 73.1 Å². The molecule has 1 aliphatic rings. The number of anilines is 1. The average molecular weight is 477 g/mol. The number of para-hydroxylation sites is 1. The first-order valence-electron chi connectivity index (χ1n) is 7.47. The summed E-state index contributed by atoms with van der Waals surface area (Å²) in [4.78, 5) is 4.82. The van der Waals surface area contributed by atoms with E-state index in [1.165, 1.54) is 18.8 Å². The van der Waals surface area contributed by atoms with Gasteiger partial charge in [0.25, 0.3) is 0 Å². The zero-order valence-electron chi connectivity index (χ0n) is 16.4. The van der Waals surface area contributed by atoms with Crippen LogP contribution in [0.3, 0.4) is 0 Å². The molecular weight excluding hydrogens is 460 g/mol. The summed E-state index contributed by atoms with van der Waals surface area (Å²) in [5.74, 6) is 0. The minimum absolute atomic E-state index is 0. The normalized spacial score (nSPS) is 14.7. The van der Waals surface area contributed by atoms with E-state index < -0.39 is 21.8 Å². The van der Waals surface area contributed by atoms with E-state index in [4.69, 9.17) is 0 Å². The molecule has 1 saturated heterocycles. The van der Waals surface area contributed by atoms with E-state index in [-0.39, 0.29) is 52.8 Å². The maximum atomic E-state index is 9.75. The standard InChI is InChI=1S/C11H16N2.3BF4.K.H/c1-12-7-9-13(10-8-12)11-5-3-2-4-6-11;3*2-1(3,4)5;;/h2-6H,7-10H2,1H3;;;;;/q;3*-1;+1;-1. The van der Waals surface area contributed by atoms with Crippen molar-refractivity contribution in [1.29, 1.82) is 0 Å². The fourth-order valence-electron chi connectivity index (χ4n) is 1.70. The van der Waals surface area contributed by atoms with Gasteiger partial charge in [-0.3, -0.25) is 0 Å². The second-order valence-corrected chi connectivity index (χ2v) is 5.11. The van der Waals surface area contributed by atoms with Crippen LogP contribution in [-0.2, 0) is 0 Å². The predicted molar refractivity (Wildman–Crippen MR) is 87.8 cm³/mol. The number of benzene rings is 1. The summed E-state index contributed by atoms with van der Waals surface area (Å²) in [5, 5.41) is 0. The van der Waals surface area contributed by atoms with Crippen molar-refractivity contribution < 1.29 is 105 Å². The van der Waals surface area contributed by atoms with Crippen LogP contribution in [0.2, 0.25) is 0 Å². The van der Waals surface area contributed by atoms with E-state index in [9.17, 15) is 51.8 Å². The van der Waals surface area contributed by atoms with Crippen LogP contribution in [-0.4, -0.2) is 59.9 Å². The van der Waals surface area contributed by atoms with E-state index in [1.54, 1.807) is 0 Å². The van der Waals surface area contributed by atoms with Crippen LogP contribution in [0.1, 0.15) is 1.43 Å². The molecule has 2 nitrogen and oxygen atoms in total. The van der Waals surface area contributed by atoms with Crippen LogP contribution >= 0.6 is 0 Å². The molecule has 0 bridgehead atoms. The van der Waals surface area contributed by atoms with Crippen molar-refractivity contribution in [1.82, 2.24) is 4.90 Å². The molecule has 0 spiro atoms. The number of piperazine rings is 1. The van der Waals surface area contributed by atoms with Gasteiger partial charge in [-0.1, -0.05) is 18.2 Å². The van der Waals surface area contributed by atoms with Gasteiger partial charge in [0.05, 0.1) is 0 Å². The van der Waals surface area contributed by atoms with Crippen molar-refractivity contribution >= 4 is 27.5 Å². The zero-order valence-corrected chi connectivity index (χ0v) is 18.5. The smallest absolute Gasteiger partial charge is 1.00 e. The minimum atomic E-state index is -6.00. The Labute approximate surface area is 204 Å². The molecule has 29 heavy (non-hydrogen) atoms. The van der Waals surface area contributed by atoms with Gasteiger partial charge in [0.15, 0.2) is 0 Å². The molecular formula is C11H17B3F12KN2-3. The first kappa shape index (κ1) is 33.6. The number of nitrogens with zero attached hydrogens (tertiary/aromatic N) is 2. The first-order valence-corrected chi connectivity index (χ1v) is 7.47. The molecule has 0 saturated carbocycles. The Morgan fingerprint density at radius 2 is 0.897 bits per heavy atom. The molecule has 1 aromatic rings. The molecule has 0 atom stereocenters. The Balaban J connectivity index is -0.000000169. The number of hydrogen-bond donors (Lipinski definition) is 0. The fraction of sp³-hybridized carbons (Fsp3) is 0.455. The van der Waals surface area contributed by atoms with E-state index in [0.717, 1.165) is 13.1 Å². The summed E-state index contributed by atoms with van der Waals surface area (Å²) < 4.78 is 117. The van der Waals surface area contributed by atoms with Crippen molar-refractivity contribution in [2.24, 2.45) is 0 Å². The van der Waals surface area contributed by atoms with Crippen molar-refractivity contribution in [2.75, 3.05) is 38.1 Å². The molecule has 1 aliphatic heterocycles. The first-order chi connectivity index (χ1) is 12.4. The average Bonchev–Trinajstić information content (AvgIpc) is 2.44. The molecule has 1 aromatic carbocycles. The second-order valence-electron chi connectivity index (χ2n) is 5.11. The van der Waals surface area contributed by atoms with Gasteiger partial charge < -0.3 is 63.0 Å². The molecule has 0 N–H and O–H groups in total. The summed E-state index contributed by atoms with van der Waals surface area (Å²) in [6.45, 7) is 4.66. The number of hydrogen-bond acceptors (Lipinski definition) is 2. The molecule has 0 radical (unpaired) electrons. The summed E-state index contributed by atoms with van der Waals surface area (Å²) in [7, 11) is -15.8. The SMILES string of the molecule is CN1CCN(c2ccccc2)CC1.F[B-](F)(F)F.F[B-](F)(F)F.F[B-](F)(F)F.[H-].[K+]. The third-order valence-electron chi connectivity index (χ3n) is 2.62. The molecule has 18 heteroatoms. The van der Waals surface area contributed by atoms with Gasteiger partial charge in [0, 0.05) is 31.9 Å². The summed E-state index contributed by atoms with van der Waals surface area (Å²) in [5.41, 5.74) is 1.36. The topological polar surface area (TPSA) is 6.48 Å². The van der Waals surface area contributed by atoms with Gasteiger partial charge in [-0.2, -0.15) is 0 Å². The van der Waals surface area contributed by atoms with E-state index >= 15 is 0 Å². The van der Waals surface area contributed by atoms with Crippen LogP contribution in [0.25, 0.3) is 0 Å². The Morgan fingerprint density at radius 3 is 1.17 bits per heavy atom. The molecule has 1 heterocycles. The predicted octanol–water partition coefficient (Wildman–Crippen LogP) is 2.45. The Morgan fingerprint density at radius 1 is 0.621 bits per heavy atom.